The van der Waals surface area contributed by atoms with E-state index in [1.807, 2.05) is 24.3 Å². The number of unbranched alkanes of at least 4 members (excludes halogenated alkanes) is 3. The van der Waals surface area contributed by atoms with E-state index in [1.165, 1.54) is 18.0 Å². The van der Waals surface area contributed by atoms with Crippen LogP contribution in [0.3, 0.4) is 0 Å². The molecule has 0 aromatic carbocycles. The van der Waals surface area contributed by atoms with E-state index in [0.717, 1.165) is 32.1 Å². The molecule has 1 aliphatic rings. The normalized spacial score (nSPS) is 12.8. The second-order valence-electron chi connectivity index (χ2n) is 5.93. The molecule has 0 fully saturated rings. The van der Waals surface area contributed by atoms with Gasteiger partial charge in [-0.1, -0.05) is 31.1 Å². The number of nitrogens with zero attached hydrogens (tertiary/aromatic N) is 2. The maximum Gasteiger partial charge on any atom is 0.272 e. The van der Waals surface area contributed by atoms with Crippen LogP contribution in [0.25, 0.3) is 0 Å². The molecular formula is C21H23N3O2. The molecule has 1 aromatic heterocycles. The molecule has 5 heteroatoms. The van der Waals surface area contributed by atoms with Gasteiger partial charge in [0.25, 0.3) is 5.91 Å². The molecule has 1 N–H and O–H groups in total. The van der Waals surface area contributed by atoms with Crippen LogP contribution in [0.5, 0.6) is 0 Å². The Morgan fingerprint density at radius 3 is 2.92 bits per heavy atom. The van der Waals surface area contributed by atoms with Gasteiger partial charge in [0.2, 0.25) is 0 Å². The molecule has 1 aromatic rings. The second-order valence-corrected chi connectivity index (χ2v) is 5.93. The molecule has 1 aliphatic carbocycles. The lowest BCUT2D eigenvalue weighted by molar-refractivity contribution is -0.112. The standard InChI is InChI=1S/C21H23N3O2/c25-20(17-23-24-21(26)19-13-9-15-22-16-19)14-8-4-3-7-12-18-10-5-1-2-6-11-18/h1-2,5,9-11,13,15-17H,3-4,7-8,12,14H2,(H,24,26)/b23-17+. The van der Waals surface area contributed by atoms with E-state index in [1.54, 1.807) is 18.3 Å². The summed E-state index contributed by atoms with van der Waals surface area (Å²) in [7, 11) is 0. The maximum absolute atomic E-state index is 11.7. The summed E-state index contributed by atoms with van der Waals surface area (Å²) in [6, 6.07) is 3.30. The van der Waals surface area contributed by atoms with Crippen molar-refractivity contribution in [3.8, 4) is 0 Å². The van der Waals surface area contributed by atoms with Crippen LogP contribution in [0, 0.1) is 0 Å². The number of carbonyl (C=O) groups is 2. The van der Waals surface area contributed by atoms with Crippen LogP contribution in [0.2, 0.25) is 0 Å². The van der Waals surface area contributed by atoms with Gasteiger partial charge in [0.05, 0.1) is 11.8 Å². The van der Waals surface area contributed by atoms with Gasteiger partial charge in [0, 0.05) is 18.8 Å². The number of nitrogens with one attached hydrogen (secondary N) is 1. The fourth-order valence-corrected chi connectivity index (χ4v) is 2.42. The molecule has 1 amide bonds. The number of carbonyl (C=O) groups excluding carboxylic acids is 2. The van der Waals surface area contributed by atoms with Gasteiger partial charge in [-0.3, -0.25) is 14.6 Å². The highest BCUT2D eigenvalue weighted by atomic mass is 16.2. The lowest BCUT2D eigenvalue weighted by atomic mass is 10.0. The molecule has 0 saturated heterocycles. The summed E-state index contributed by atoms with van der Waals surface area (Å²) < 4.78 is 0. The van der Waals surface area contributed by atoms with Gasteiger partial charge in [0.1, 0.15) is 0 Å². The number of hydrogen-bond acceptors (Lipinski definition) is 4. The Morgan fingerprint density at radius 2 is 2.08 bits per heavy atom. The van der Waals surface area contributed by atoms with Crippen molar-refractivity contribution in [2.24, 2.45) is 5.10 Å². The Balaban J connectivity index is 1.54. The van der Waals surface area contributed by atoms with Gasteiger partial charge in [0.15, 0.2) is 5.78 Å². The van der Waals surface area contributed by atoms with Crippen molar-refractivity contribution in [3.63, 3.8) is 0 Å². The molecule has 0 unspecified atom stereocenters. The molecule has 0 radical (unpaired) electrons. The highest BCUT2D eigenvalue weighted by Gasteiger charge is 2.03. The number of pyridine rings is 1. The predicted octanol–water partition coefficient (Wildman–Crippen LogP) is 3.91. The summed E-state index contributed by atoms with van der Waals surface area (Å²) in [5, 5.41) is 3.70. The molecule has 0 bridgehead atoms. The average Bonchev–Trinajstić information content (AvgIpc) is 2.94. The van der Waals surface area contributed by atoms with Crippen molar-refractivity contribution in [1.29, 1.82) is 0 Å². The zero-order valence-electron chi connectivity index (χ0n) is 14.7. The van der Waals surface area contributed by atoms with Crippen molar-refractivity contribution >= 4 is 17.9 Å². The van der Waals surface area contributed by atoms with Gasteiger partial charge < -0.3 is 0 Å². The molecule has 0 aliphatic heterocycles. The SMILES string of the molecule is O=C(/C=N/NC(=O)c1cccnc1)CCCCCCC1=CC=CC=C=C1. The fourth-order valence-electron chi connectivity index (χ4n) is 2.42. The van der Waals surface area contributed by atoms with E-state index in [0.29, 0.717) is 12.0 Å². The molecule has 0 saturated carbocycles. The second kappa shape index (κ2) is 11.5. The quantitative estimate of drug-likeness (QED) is 0.301. The lowest BCUT2D eigenvalue weighted by Gasteiger charge is -2.01. The Morgan fingerprint density at radius 1 is 1.19 bits per heavy atom. The zero-order chi connectivity index (χ0) is 18.5. The number of rotatable bonds is 10. The van der Waals surface area contributed by atoms with Gasteiger partial charge in [-0.25, -0.2) is 5.43 Å². The highest BCUT2D eigenvalue weighted by Crippen LogP contribution is 2.13. The summed E-state index contributed by atoms with van der Waals surface area (Å²) in [5.74, 6) is -0.463. The third kappa shape index (κ3) is 7.69. The third-order valence-corrected chi connectivity index (χ3v) is 3.82. The number of amides is 1. The molecule has 134 valence electrons. The minimum Gasteiger partial charge on any atom is -0.293 e. The molecule has 26 heavy (non-hydrogen) atoms. The Kier molecular flexibility index (Phi) is 8.53. The Bertz CT molecular complexity index is 755. The van der Waals surface area contributed by atoms with Crippen molar-refractivity contribution in [2.45, 2.75) is 38.5 Å². The minimum atomic E-state index is -0.381. The molecule has 2 rings (SSSR count). The average molecular weight is 349 g/mol. The fraction of sp³-hybridized carbons (Fsp3) is 0.286. The first-order chi connectivity index (χ1) is 12.8. The van der Waals surface area contributed by atoms with Gasteiger partial charge in [-0.15, -0.1) is 5.73 Å². The topological polar surface area (TPSA) is 71.4 Å². The lowest BCUT2D eigenvalue weighted by Crippen LogP contribution is -2.18. The first-order valence-electron chi connectivity index (χ1n) is 8.80. The number of hydrazone groups is 1. The number of aromatic nitrogens is 1. The number of hydrogen-bond donors (Lipinski definition) is 1. The number of ketones is 1. The van der Waals surface area contributed by atoms with Crippen molar-refractivity contribution in [2.75, 3.05) is 0 Å². The van der Waals surface area contributed by atoms with Crippen LogP contribution in [0.4, 0.5) is 0 Å². The van der Waals surface area contributed by atoms with Gasteiger partial charge in [-0.2, -0.15) is 5.10 Å². The van der Waals surface area contributed by atoms with Crippen LogP contribution in [0.1, 0.15) is 48.9 Å². The molecular weight excluding hydrogens is 326 g/mol. The Hall–Kier alpha value is -3.04. The van der Waals surface area contributed by atoms with Crippen molar-refractivity contribution in [1.82, 2.24) is 10.4 Å². The summed E-state index contributed by atoms with van der Waals surface area (Å²) in [5.41, 5.74) is 7.12. The van der Waals surface area contributed by atoms with E-state index >= 15 is 0 Å². The van der Waals surface area contributed by atoms with Crippen molar-refractivity contribution < 1.29 is 9.59 Å². The minimum absolute atomic E-state index is 0.0822. The zero-order valence-corrected chi connectivity index (χ0v) is 14.7. The highest BCUT2D eigenvalue weighted by molar-refractivity contribution is 6.27. The Labute approximate surface area is 153 Å². The predicted molar refractivity (Wildman–Crippen MR) is 103 cm³/mol. The maximum atomic E-state index is 11.7. The molecule has 0 atom stereocenters. The van der Waals surface area contributed by atoms with Gasteiger partial charge >= 0.3 is 0 Å². The van der Waals surface area contributed by atoms with E-state index in [2.05, 4.69) is 27.3 Å². The third-order valence-electron chi connectivity index (χ3n) is 3.82. The first-order valence-corrected chi connectivity index (χ1v) is 8.80. The number of Topliss-reactive ketones (excluding diaryl/α,β-unsaturated/α-hetero) is 1. The summed E-state index contributed by atoms with van der Waals surface area (Å²) in [6.07, 6.45) is 19.7. The van der Waals surface area contributed by atoms with Crippen LogP contribution in [0.15, 0.2) is 71.3 Å². The summed E-state index contributed by atoms with van der Waals surface area (Å²) >= 11 is 0. The van der Waals surface area contributed by atoms with E-state index in [-0.39, 0.29) is 11.7 Å². The monoisotopic (exact) mass is 349 g/mol. The van der Waals surface area contributed by atoms with Gasteiger partial charge in [-0.05, 0) is 49.1 Å². The first kappa shape index (κ1) is 19.3. The largest absolute Gasteiger partial charge is 0.293 e. The number of allylic oxidation sites excluding steroid dienone is 5. The van der Waals surface area contributed by atoms with Crippen LogP contribution in [-0.2, 0) is 4.79 Å². The van der Waals surface area contributed by atoms with Crippen LogP contribution < -0.4 is 5.43 Å². The van der Waals surface area contributed by atoms with E-state index in [4.69, 9.17) is 0 Å². The summed E-state index contributed by atoms with van der Waals surface area (Å²) in [6.45, 7) is 0. The molecule has 1 heterocycles. The summed E-state index contributed by atoms with van der Waals surface area (Å²) in [4.78, 5) is 27.3. The van der Waals surface area contributed by atoms with Crippen LogP contribution in [-0.4, -0.2) is 22.9 Å². The molecule has 0 spiro atoms. The van der Waals surface area contributed by atoms with Crippen LogP contribution >= 0.6 is 0 Å². The van der Waals surface area contributed by atoms with E-state index < -0.39 is 0 Å². The molecule has 5 nitrogen and oxygen atoms in total. The smallest absolute Gasteiger partial charge is 0.272 e. The van der Waals surface area contributed by atoms with E-state index in [9.17, 15) is 9.59 Å². The van der Waals surface area contributed by atoms with Crippen molar-refractivity contribution in [3.05, 3.63) is 71.8 Å².